The summed E-state index contributed by atoms with van der Waals surface area (Å²) in [6, 6.07) is 8.32. The fourth-order valence-corrected chi connectivity index (χ4v) is 5.09. The highest BCUT2D eigenvalue weighted by Gasteiger charge is 2.30. The Morgan fingerprint density at radius 1 is 1.00 bits per heavy atom. The summed E-state index contributed by atoms with van der Waals surface area (Å²) in [6.07, 6.45) is 2.94. The molecule has 2 fully saturated rings. The van der Waals surface area contributed by atoms with E-state index in [4.69, 9.17) is 14.2 Å². The highest BCUT2D eigenvalue weighted by Crippen LogP contribution is 2.29. The molecule has 2 aliphatic heterocycles. The Labute approximate surface area is 156 Å². The molecule has 2 saturated heterocycles. The molecule has 0 aliphatic carbocycles. The number of rotatable bonds is 7. The molecule has 1 aromatic carbocycles. The summed E-state index contributed by atoms with van der Waals surface area (Å²) in [7, 11) is -2.97. The Morgan fingerprint density at radius 3 is 2.38 bits per heavy atom. The van der Waals surface area contributed by atoms with Gasteiger partial charge in [0.15, 0.2) is 0 Å². The van der Waals surface area contributed by atoms with Crippen LogP contribution in [0, 0.1) is 11.8 Å². The van der Waals surface area contributed by atoms with E-state index in [1.54, 1.807) is 6.92 Å². The minimum atomic E-state index is -2.97. The molecular weight excluding hydrogens is 352 g/mol. The highest BCUT2D eigenvalue weighted by atomic mass is 32.2. The maximum Gasteiger partial charge on any atom is 0.150 e. The van der Waals surface area contributed by atoms with Gasteiger partial charge in [-0.1, -0.05) is 19.1 Å². The predicted octanol–water partition coefficient (Wildman–Crippen LogP) is 3.05. The normalized spacial score (nSPS) is 25.1. The lowest BCUT2D eigenvalue weighted by molar-refractivity contribution is 0.00448. The van der Waals surface area contributed by atoms with Gasteiger partial charge in [0.25, 0.3) is 0 Å². The van der Waals surface area contributed by atoms with Crippen molar-refractivity contribution < 1.29 is 22.6 Å². The first kappa shape index (κ1) is 19.6. The van der Waals surface area contributed by atoms with E-state index >= 15 is 0 Å². The average molecular weight is 383 g/mol. The summed E-state index contributed by atoms with van der Waals surface area (Å²) in [4.78, 5) is 0. The van der Waals surface area contributed by atoms with Gasteiger partial charge in [-0.2, -0.15) is 0 Å². The minimum Gasteiger partial charge on any atom is -0.493 e. The summed E-state index contributed by atoms with van der Waals surface area (Å²) in [5.41, 5.74) is 1.34. The quantitative estimate of drug-likeness (QED) is 0.725. The van der Waals surface area contributed by atoms with Crippen molar-refractivity contribution in [2.75, 3.05) is 44.5 Å². The molecule has 0 spiro atoms. The first-order valence-electron chi connectivity index (χ1n) is 9.66. The van der Waals surface area contributed by atoms with Gasteiger partial charge in [-0.15, -0.1) is 0 Å². The monoisotopic (exact) mass is 382 g/mol. The third kappa shape index (κ3) is 5.44. The third-order valence-electron chi connectivity index (χ3n) is 5.58. The molecule has 1 aromatic rings. The molecule has 6 heteroatoms. The molecule has 26 heavy (non-hydrogen) atoms. The van der Waals surface area contributed by atoms with Crippen molar-refractivity contribution in [1.29, 1.82) is 0 Å². The number of hydrogen-bond donors (Lipinski definition) is 0. The Hall–Kier alpha value is -1.11. The zero-order chi connectivity index (χ0) is 18.4. The fourth-order valence-electron chi connectivity index (χ4n) is 3.76. The van der Waals surface area contributed by atoms with E-state index in [9.17, 15) is 8.42 Å². The minimum absolute atomic E-state index is 0.121. The molecule has 2 aliphatic rings. The summed E-state index contributed by atoms with van der Waals surface area (Å²) in [5.74, 6) is 2.10. The van der Waals surface area contributed by atoms with Gasteiger partial charge in [-0.3, -0.25) is 0 Å². The van der Waals surface area contributed by atoms with E-state index in [-0.39, 0.29) is 23.3 Å². The van der Waals surface area contributed by atoms with Crippen molar-refractivity contribution in [2.45, 2.75) is 32.1 Å². The topological polar surface area (TPSA) is 61.8 Å². The standard InChI is InChI=1S/C20H30O5S/c1-2-26(21,22)15-18-9-12-24-13-19(18)14-25-20-5-3-16(4-6-20)17-7-10-23-11-8-17/h3-6,17-19H,2,7-15H2,1H3/t18?,19-/m1/s1. The number of sulfone groups is 1. The number of benzene rings is 1. The van der Waals surface area contributed by atoms with E-state index in [1.165, 1.54) is 5.56 Å². The Morgan fingerprint density at radius 2 is 1.69 bits per heavy atom. The van der Waals surface area contributed by atoms with Crippen molar-refractivity contribution in [2.24, 2.45) is 11.8 Å². The van der Waals surface area contributed by atoms with Crippen molar-refractivity contribution in [3.8, 4) is 5.75 Å². The van der Waals surface area contributed by atoms with E-state index in [0.29, 0.717) is 25.7 Å². The van der Waals surface area contributed by atoms with Crippen LogP contribution in [0.4, 0.5) is 0 Å². The molecule has 3 rings (SSSR count). The predicted molar refractivity (Wildman–Crippen MR) is 101 cm³/mol. The van der Waals surface area contributed by atoms with Gasteiger partial charge in [0, 0.05) is 31.5 Å². The highest BCUT2D eigenvalue weighted by molar-refractivity contribution is 7.91. The fraction of sp³-hybridized carbons (Fsp3) is 0.700. The number of hydrogen-bond acceptors (Lipinski definition) is 5. The second kappa shape index (κ2) is 9.20. The average Bonchev–Trinajstić information content (AvgIpc) is 2.68. The summed E-state index contributed by atoms with van der Waals surface area (Å²) in [5, 5.41) is 0. The van der Waals surface area contributed by atoms with Gasteiger partial charge < -0.3 is 14.2 Å². The van der Waals surface area contributed by atoms with Crippen molar-refractivity contribution in [3.05, 3.63) is 29.8 Å². The van der Waals surface area contributed by atoms with Crippen LogP contribution in [-0.2, 0) is 19.3 Å². The Bertz CT molecular complexity index is 649. The molecule has 0 amide bonds. The second-order valence-corrected chi connectivity index (χ2v) is 9.75. The van der Waals surface area contributed by atoms with E-state index in [1.807, 2.05) is 12.1 Å². The molecule has 0 saturated carbocycles. The van der Waals surface area contributed by atoms with Crippen molar-refractivity contribution in [1.82, 2.24) is 0 Å². The Balaban J connectivity index is 1.54. The maximum absolute atomic E-state index is 12.0. The zero-order valence-corrected chi connectivity index (χ0v) is 16.4. The van der Waals surface area contributed by atoms with Crippen LogP contribution in [0.25, 0.3) is 0 Å². The molecule has 5 nitrogen and oxygen atoms in total. The lowest BCUT2D eigenvalue weighted by Gasteiger charge is -2.31. The van der Waals surface area contributed by atoms with Gasteiger partial charge in [-0.05, 0) is 48.8 Å². The van der Waals surface area contributed by atoms with Crippen molar-refractivity contribution in [3.63, 3.8) is 0 Å². The Kier molecular flexibility index (Phi) is 6.95. The molecule has 0 N–H and O–H groups in total. The summed E-state index contributed by atoms with van der Waals surface area (Å²) in [6.45, 7) is 5.10. The lowest BCUT2D eigenvalue weighted by Crippen LogP contribution is -2.36. The smallest absolute Gasteiger partial charge is 0.150 e. The van der Waals surface area contributed by atoms with Crippen LogP contribution in [0.3, 0.4) is 0 Å². The second-order valence-electron chi connectivity index (χ2n) is 7.35. The third-order valence-corrected chi connectivity index (χ3v) is 7.39. The lowest BCUT2D eigenvalue weighted by atomic mass is 9.90. The van der Waals surface area contributed by atoms with Gasteiger partial charge in [0.1, 0.15) is 15.6 Å². The zero-order valence-electron chi connectivity index (χ0n) is 15.6. The van der Waals surface area contributed by atoms with Gasteiger partial charge >= 0.3 is 0 Å². The van der Waals surface area contributed by atoms with Gasteiger partial charge in [0.05, 0.1) is 19.0 Å². The number of ether oxygens (including phenoxy) is 3. The maximum atomic E-state index is 12.0. The van der Waals surface area contributed by atoms with Crippen LogP contribution >= 0.6 is 0 Å². The van der Waals surface area contributed by atoms with Crippen LogP contribution < -0.4 is 4.74 Å². The molecule has 0 aromatic heterocycles. The van der Waals surface area contributed by atoms with Gasteiger partial charge in [0.2, 0.25) is 0 Å². The summed E-state index contributed by atoms with van der Waals surface area (Å²) >= 11 is 0. The largest absolute Gasteiger partial charge is 0.493 e. The van der Waals surface area contributed by atoms with Crippen LogP contribution in [0.1, 0.15) is 37.7 Å². The molecule has 0 bridgehead atoms. The first-order chi connectivity index (χ1) is 12.6. The molecular formula is C20H30O5S. The van der Waals surface area contributed by atoms with Crippen LogP contribution in [-0.4, -0.2) is 53.0 Å². The molecule has 1 unspecified atom stereocenters. The molecule has 2 atom stereocenters. The first-order valence-corrected chi connectivity index (χ1v) is 11.5. The van der Waals surface area contributed by atoms with E-state index in [0.717, 1.165) is 38.2 Å². The van der Waals surface area contributed by atoms with Crippen LogP contribution in [0.5, 0.6) is 5.75 Å². The molecule has 0 radical (unpaired) electrons. The van der Waals surface area contributed by atoms with E-state index in [2.05, 4.69) is 12.1 Å². The molecule has 146 valence electrons. The van der Waals surface area contributed by atoms with E-state index < -0.39 is 9.84 Å². The van der Waals surface area contributed by atoms with Gasteiger partial charge in [-0.25, -0.2) is 8.42 Å². The van der Waals surface area contributed by atoms with Crippen molar-refractivity contribution >= 4 is 9.84 Å². The van der Waals surface area contributed by atoms with Crippen LogP contribution in [0.15, 0.2) is 24.3 Å². The van der Waals surface area contributed by atoms with Crippen LogP contribution in [0.2, 0.25) is 0 Å². The summed E-state index contributed by atoms with van der Waals surface area (Å²) < 4.78 is 40.9. The SMILES string of the molecule is CCS(=O)(=O)CC1CCOC[C@@H]1COc1ccc(C2CCOCC2)cc1. The molecule has 2 heterocycles.